The van der Waals surface area contributed by atoms with Gasteiger partial charge in [-0.3, -0.25) is 4.79 Å². The fraction of sp³-hybridized carbons (Fsp3) is 0.400. The molecule has 3 rings (SSSR count). The Morgan fingerprint density at radius 2 is 2.29 bits per heavy atom. The van der Waals surface area contributed by atoms with Gasteiger partial charge in [0.2, 0.25) is 0 Å². The van der Waals surface area contributed by atoms with Gasteiger partial charge in [0.15, 0.2) is 0 Å². The molecule has 110 valence electrons. The maximum atomic E-state index is 12.7. The van der Waals surface area contributed by atoms with Crippen LogP contribution in [0.15, 0.2) is 18.2 Å². The third-order valence-electron chi connectivity index (χ3n) is 3.77. The van der Waals surface area contributed by atoms with Gasteiger partial charge >= 0.3 is 0 Å². The lowest BCUT2D eigenvalue weighted by Crippen LogP contribution is -2.36. The number of aromatic nitrogens is 2. The highest BCUT2D eigenvalue weighted by molar-refractivity contribution is 7.08. The van der Waals surface area contributed by atoms with Crippen molar-refractivity contribution in [3.63, 3.8) is 0 Å². The molecule has 0 atom stereocenters. The van der Waals surface area contributed by atoms with Gasteiger partial charge in [-0.15, -0.1) is 5.10 Å². The first-order valence-corrected chi connectivity index (χ1v) is 7.94. The van der Waals surface area contributed by atoms with Crippen LogP contribution in [-0.4, -0.2) is 26.9 Å². The monoisotopic (exact) mass is 302 g/mol. The zero-order chi connectivity index (χ0) is 14.8. The second-order valence-corrected chi connectivity index (χ2v) is 6.06. The summed E-state index contributed by atoms with van der Waals surface area (Å²) in [6, 6.07) is 5.94. The number of aryl methyl sites for hydroxylation is 1. The van der Waals surface area contributed by atoms with Crippen molar-refractivity contribution in [1.29, 1.82) is 0 Å². The zero-order valence-electron chi connectivity index (χ0n) is 12.0. The van der Waals surface area contributed by atoms with Gasteiger partial charge in [0, 0.05) is 18.8 Å². The van der Waals surface area contributed by atoms with E-state index < -0.39 is 0 Å². The second kappa shape index (κ2) is 5.81. The third kappa shape index (κ3) is 2.76. The van der Waals surface area contributed by atoms with Crippen molar-refractivity contribution in [2.75, 3.05) is 12.3 Å². The Bertz CT molecular complexity index is 667. The number of nitrogen functional groups attached to an aromatic ring is 1. The van der Waals surface area contributed by atoms with Crippen LogP contribution in [0, 0.1) is 0 Å². The first-order valence-electron chi connectivity index (χ1n) is 7.16. The molecule has 0 fully saturated rings. The standard InChI is InChI=1S/C15H18N4OS/c1-2-3-13-14(21-18-17-13)15(20)19-7-6-10-4-5-12(16)8-11(10)9-19/h4-5,8H,2-3,6-7,9,16H2,1H3. The van der Waals surface area contributed by atoms with Crippen LogP contribution >= 0.6 is 11.5 Å². The molecule has 0 radical (unpaired) electrons. The van der Waals surface area contributed by atoms with Crippen molar-refractivity contribution in [2.45, 2.75) is 32.7 Å². The summed E-state index contributed by atoms with van der Waals surface area (Å²) < 4.78 is 3.94. The van der Waals surface area contributed by atoms with Crippen LogP contribution in [-0.2, 0) is 19.4 Å². The van der Waals surface area contributed by atoms with E-state index in [0.717, 1.165) is 42.8 Å². The van der Waals surface area contributed by atoms with Gasteiger partial charge in [-0.1, -0.05) is 23.9 Å². The lowest BCUT2D eigenvalue weighted by molar-refractivity contribution is 0.0738. The first-order chi connectivity index (χ1) is 10.2. The van der Waals surface area contributed by atoms with E-state index in [4.69, 9.17) is 5.73 Å². The molecule has 1 aliphatic heterocycles. The summed E-state index contributed by atoms with van der Waals surface area (Å²) in [7, 11) is 0. The van der Waals surface area contributed by atoms with E-state index in [-0.39, 0.29) is 5.91 Å². The quantitative estimate of drug-likeness (QED) is 0.883. The van der Waals surface area contributed by atoms with E-state index >= 15 is 0 Å². The predicted molar refractivity (Wildman–Crippen MR) is 83.2 cm³/mol. The highest BCUT2D eigenvalue weighted by Gasteiger charge is 2.25. The molecule has 6 heteroatoms. The molecule has 0 saturated heterocycles. The fourth-order valence-corrected chi connectivity index (χ4v) is 3.34. The van der Waals surface area contributed by atoms with E-state index in [2.05, 4.69) is 22.6 Å². The van der Waals surface area contributed by atoms with Crippen LogP contribution in [0.2, 0.25) is 0 Å². The summed E-state index contributed by atoms with van der Waals surface area (Å²) in [5.41, 5.74) is 9.83. The Labute approximate surface area is 127 Å². The molecular weight excluding hydrogens is 284 g/mol. The number of hydrogen-bond donors (Lipinski definition) is 1. The Morgan fingerprint density at radius 3 is 3.10 bits per heavy atom. The summed E-state index contributed by atoms with van der Waals surface area (Å²) in [5.74, 6) is 0.0431. The molecule has 0 saturated carbocycles. The summed E-state index contributed by atoms with van der Waals surface area (Å²) >= 11 is 1.20. The minimum absolute atomic E-state index is 0.0431. The number of benzene rings is 1. The van der Waals surface area contributed by atoms with Gasteiger partial charge in [-0.25, -0.2) is 0 Å². The van der Waals surface area contributed by atoms with Crippen molar-refractivity contribution >= 4 is 23.1 Å². The largest absolute Gasteiger partial charge is 0.399 e. The SMILES string of the molecule is CCCc1nnsc1C(=O)N1CCc2ccc(N)cc2C1. The fourth-order valence-electron chi connectivity index (χ4n) is 2.67. The van der Waals surface area contributed by atoms with E-state index in [1.807, 2.05) is 17.0 Å². The van der Waals surface area contributed by atoms with Crippen LogP contribution < -0.4 is 5.73 Å². The van der Waals surface area contributed by atoms with Crippen LogP contribution in [0.4, 0.5) is 5.69 Å². The van der Waals surface area contributed by atoms with Gasteiger partial charge in [0.1, 0.15) is 4.88 Å². The summed E-state index contributed by atoms with van der Waals surface area (Å²) in [4.78, 5) is 15.2. The molecule has 0 bridgehead atoms. The van der Waals surface area contributed by atoms with Gasteiger partial charge in [-0.2, -0.15) is 0 Å². The van der Waals surface area contributed by atoms with Gasteiger partial charge in [0.25, 0.3) is 5.91 Å². The number of carbonyl (C=O) groups excluding carboxylic acids is 1. The average molecular weight is 302 g/mol. The minimum Gasteiger partial charge on any atom is -0.399 e. The maximum Gasteiger partial charge on any atom is 0.267 e. The minimum atomic E-state index is 0.0431. The molecule has 1 aliphatic rings. The van der Waals surface area contributed by atoms with Crippen molar-refractivity contribution in [2.24, 2.45) is 0 Å². The summed E-state index contributed by atoms with van der Waals surface area (Å²) in [6.07, 6.45) is 2.64. The molecule has 2 N–H and O–H groups in total. The molecule has 21 heavy (non-hydrogen) atoms. The number of fused-ring (bicyclic) bond motifs is 1. The van der Waals surface area contributed by atoms with E-state index in [1.54, 1.807) is 0 Å². The summed E-state index contributed by atoms with van der Waals surface area (Å²) in [6.45, 7) is 3.43. The Kier molecular flexibility index (Phi) is 3.88. The normalized spacial score (nSPS) is 14.0. The number of hydrogen-bond acceptors (Lipinski definition) is 5. The van der Waals surface area contributed by atoms with E-state index in [1.165, 1.54) is 17.1 Å². The Hall–Kier alpha value is -1.95. The van der Waals surface area contributed by atoms with Crippen molar-refractivity contribution < 1.29 is 4.79 Å². The lowest BCUT2D eigenvalue weighted by Gasteiger charge is -2.28. The maximum absolute atomic E-state index is 12.7. The highest BCUT2D eigenvalue weighted by atomic mass is 32.1. The van der Waals surface area contributed by atoms with Gasteiger partial charge in [-0.05, 0) is 47.6 Å². The number of rotatable bonds is 3. The van der Waals surface area contributed by atoms with Crippen molar-refractivity contribution in [3.8, 4) is 0 Å². The first kappa shape index (κ1) is 14.0. The smallest absolute Gasteiger partial charge is 0.267 e. The van der Waals surface area contributed by atoms with E-state index in [9.17, 15) is 4.79 Å². The number of carbonyl (C=O) groups is 1. The van der Waals surface area contributed by atoms with Crippen molar-refractivity contribution in [3.05, 3.63) is 39.9 Å². The van der Waals surface area contributed by atoms with Gasteiger partial charge in [0.05, 0.1) is 5.69 Å². The molecule has 1 amide bonds. The molecule has 2 aromatic rings. The number of nitrogens with two attached hydrogens (primary N) is 1. The van der Waals surface area contributed by atoms with Crippen LogP contribution in [0.5, 0.6) is 0 Å². The molecule has 0 unspecified atom stereocenters. The van der Waals surface area contributed by atoms with Crippen LogP contribution in [0.3, 0.4) is 0 Å². The Balaban J connectivity index is 1.82. The van der Waals surface area contributed by atoms with Crippen LogP contribution in [0.1, 0.15) is 39.8 Å². The van der Waals surface area contributed by atoms with Gasteiger partial charge < -0.3 is 10.6 Å². The molecular formula is C15H18N4OS. The number of amides is 1. The molecule has 2 heterocycles. The topological polar surface area (TPSA) is 72.1 Å². The summed E-state index contributed by atoms with van der Waals surface area (Å²) in [5, 5.41) is 4.08. The van der Waals surface area contributed by atoms with Crippen LogP contribution in [0.25, 0.3) is 0 Å². The van der Waals surface area contributed by atoms with Crippen molar-refractivity contribution in [1.82, 2.24) is 14.5 Å². The molecule has 0 spiro atoms. The second-order valence-electron chi connectivity index (χ2n) is 5.30. The predicted octanol–water partition coefficient (Wildman–Crippen LogP) is 2.27. The average Bonchev–Trinajstić information content (AvgIpc) is 2.94. The lowest BCUT2D eigenvalue weighted by atomic mass is 9.99. The zero-order valence-corrected chi connectivity index (χ0v) is 12.8. The highest BCUT2D eigenvalue weighted by Crippen LogP contribution is 2.24. The number of anilines is 1. The van der Waals surface area contributed by atoms with E-state index in [0.29, 0.717) is 11.4 Å². The molecule has 1 aromatic carbocycles. The molecule has 1 aromatic heterocycles. The Morgan fingerprint density at radius 1 is 1.43 bits per heavy atom. The molecule has 5 nitrogen and oxygen atoms in total. The molecule has 0 aliphatic carbocycles. The third-order valence-corrected chi connectivity index (χ3v) is 4.52. The number of nitrogens with zero attached hydrogens (tertiary/aromatic N) is 3.